The molecule has 1 aromatic carbocycles. The van der Waals surface area contributed by atoms with Gasteiger partial charge in [0.15, 0.2) is 5.78 Å². The quantitative estimate of drug-likeness (QED) is 0.214. The van der Waals surface area contributed by atoms with Crippen LogP contribution in [0.3, 0.4) is 0 Å². The van der Waals surface area contributed by atoms with Gasteiger partial charge in [-0.3, -0.25) is 14.2 Å². The molecule has 0 radical (unpaired) electrons. The van der Waals surface area contributed by atoms with Gasteiger partial charge in [0.25, 0.3) is 5.56 Å². The van der Waals surface area contributed by atoms with Crippen LogP contribution < -0.4 is 16.0 Å². The Balaban J connectivity index is 1.74. The molecule has 1 atom stereocenters. The van der Waals surface area contributed by atoms with Gasteiger partial charge in [0.05, 0.1) is 37.5 Å². The highest BCUT2D eigenvalue weighted by atomic mass is 32.1. The Hall–Kier alpha value is -3.68. The Morgan fingerprint density at radius 1 is 1.18 bits per heavy atom. The van der Waals surface area contributed by atoms with Crippen molar-refractivity contribution in [3.8, 4) is 10.8 Å². The number of aromatic nitrogens is 5. The summed E-state index contributed by atoms with van der Waals surface area (Å²) in [5.41, 5.74) is -1.66. The highest BCUT2D eigenvalue weighted by molar-refractivity contribution is 7.21. The SMILES string of the molecule is COc1ccc(F)cc1[C@H](Cn1c(=O)n(C(C)(C)C(=O)CCC(C)C)c(=O)c2c(C)c(-n3nccn3)sc21)OC1CCOCC1. The first-order valence-corrected chi connectivity index (χ1v) is 16.0. The topological polar surface area (TPSA) is 119 Å². The van der Waals surface area contributed by atoms with E-state index in [0.29, 0.717) is 59.2 Å². The number of hydrogen-bond acceptors (Lipinski definition) is 9. The van der Waals surface area contributed by atoms with E-state index < -0.39 is 28.7 Å². The van der Waals surface area contributed by atoms with Crippen LogP contribution in [0.15, 0.2) is 40.2 Å². The molecule has 45 heavy (non-hydrogen) atoms. The van der Waals surface area contributed by atoms with Gasteiger partial charge in [0, 0.05) is 30.8 Å². The van der Waals surface area contributed by atoms with Crippen molar-refractivity contribution in [3.05, 3.63) is 68.4 Å². The maximum Gasteiger partial charge on any atom is 0.333 e. The van der Waals surface area contributed by atoms with Gasteiger partial charge < -0.3 is 14.2 Å². The Kier molecular flexibility index (Phi) is 9.71. The van der Waals surface area contributed by atoms with Crippen LogP contribution >= 0.6 is 11.3 Å². The molecule has 0 saturated carbocycles. The van der Waals surface area contributed by atoms with Crippen molar-refractivity contribution >= 4 is 27.3 Å². The number of thiophene rings is 1. The average molecular weight is 642 g/mol. The number of halogens is 1. The molecule has 0 amide bonds. The lowest BCUT2D eigenvalue weighted by Gasteiger charge is -2.30. The molecule has 1 fully saturated rings. The molecule has 4 aromatic rings. The highest BCUT2D eigenvalue weighted by Gasteiger charge is 2.36. The molecule has 1 saturated heterocycles. The molecule has 0 unspecified atom stereocenters. The zero-order valence-electron chi connectivity index (χ0n) is 26.5. The number of aryl methyl sites for hydroxylation is 1. The number of Topliss-reactive ketones (excluding diaryl/α,β-unsaturated/α-hetero) is 1. The molecule has 242 valence electrons. The van der Waals surface area contributed by atoms with E-state index >= 15 is 0 Å². The van der Waals surface area contributed by atoms with Crippen LogP contribution in [0.4, 0.5) is 4.39 Å². The Bertz CT molecular complexity index is 1790. The standard InChI is InChI=1S/C32H40FN5O6S/c1-19(2)7-10-26(39)32(4,5)37-28(40)27-20(3)29(38-34-13-14-35-38)45-30(27)36(31(37)41)18-25(44-22-11-15-43-16-12-22)23-17-21(33)8-9-24(23)42-6/h8-9,13-14,17,19,22,25H,7,10-12,15-16,18H2,1-6H3/t25-/m0/s1. The summed E-state index contributed by atoms with van der Waals surface area (Å²) in [5.74, 6) is -0.0260. The third-order valence-corrected chi connectivity index (χ3v) is 9.67. The van der Waals surface area contributed by atoms with Gasteiger partial charge in [-0.15, -0.1) is 4.80 Å². The summed E-state index contributed by atoms with van der Waals surface area (Å²) in [5, 5.41) is 9.35. The third-order valence-electron chi connectivity index (χ3n) is 8.39. The summed E-state index contributed by atoms with van der Waals surface area (Å²) in [6.07, 6.45) is 4.11. The largest absolute Gasteiger partial charge is 0.496 e. The van der Waals surface area contributed by atoms with Crippen molar-refractivity contribution in [1.82, 2.24) is 24.1 Å². The van der Waals surface area contributed by atoms with Gasteiger partial charge in [-0.25, -0.2) is 13.8 Å². The number of fused-ring (bicyclic) bond motifs is 1. The van der Waals surface area contributed by atoms with Crippen LogP contribution in [0.1, 0.15) is 70.6 Å². The van der Waals surface area contributed by atoms with Crippen LogP contribution in [0.25, 0.3) is 15.2 Å². The van der Waals surface area contributed by atoms with Gasteiger partial charge in [-0.05, 0) is 64.2 Å². The minimum Gasteiger partial charge on any atom is -0.496 e. The number of rotatable bonds is 12. The van der Waals surface area contributed by atoms with E-state index in [9.17, 15) is 18.8 Å². The van der Waals surface area contributed by atoms with Gasteiger partial charge in [-0.1, -0.05) is 25.2 Å². The molecule has 0 spiro atoms. The van der Waals surface area contributed by atoms with Crippen LogP contribution in [-0.2, 0) is 26.4 Å². The number of hydrogen-bond donors (Lipinski definition) is 0. The fourth-order valence-corrected chi connectivity index (χ4v) is 6.95. The maximum absolute atomic E-state index is 14.7. The molecule has 4 heterocycles. The first kappa shape index (κ1) is 32.7. The van der Waals surface area contributed by atoms with E-state index in [4.69, 9.17) is 14.2 Å². The predicted molar refractivity (Wildman–Crippen MR) is 169 cm³/mol. The number of carbonyl (C=O) groups is 1. The molecule has 0 bridgehead atoms. The average Bonchev–Trinajstić information content (AvgIpc) is 3.66. The summed E-state index contributed by atoms with van der Waals surface area (Å²) in [6.45, 7) is 9.99. The normalized spacial score (nSPS) is 15.2. The van der Waals surface area contributed by atoms with E-state index in [-0.39, 0.29) is 36.2 Å². The van der Waals surface area contributed by atoms with Gasteiger partial charge in [-0.2, -0.15) is 10.2 Å². The first-order chi connectivity index (χ1) is 21.4. The van der Waals surface area contributed by atoms with Crippen LogP contribution in [0.2, 0.25) is 0 Å². The number of carbonyl (C=O) groups excluding carboxylic acids is 1. The monoisotopic (exact) mass is 641 g/mol. The summed E-state index contributed by atoms with van der Waals surface area (Å²) in [6, 6.07) is 4.17. The minimum atomic E-state index is -1.44. The molecule has 3 aromatic heterocycles. The first-order valence-electron chi connectivity index (χ1n) is 15.2. The van der Waals surface area contributed by atoms with E-state index in [2.05, 4.69) is 10.2 Å². The van der Waals surface area contributed by atoms with Crippen molar-refractivity contribution in [3.63, 3.8) is 0 Å². The molecular formula is C32H40FN5O6S. The smallest absolute Gasteiger partial charge is 0.333 e. The number of nitrogens with zero attached hydrogens (tertiary/aromatic N) is 5. The molecule has 1 aliphatic heterocycles. The zero-order valence-corrected chi connectivity index (χ0v) is 27.4. The lowest BCUT2D eigenvalue weighted by Crippen LogP contribution is -2.52. The number of ether oxygens (including phenoxy) is 3. The summed E-state index contributed by atoms with van der Waals surface area (Å²) in [4.78, 5) is 44.2. The molecule has 0 aliphatic carbocycles. The van der Waals surface area contributed by atoms with Crippen LogP contribution in [0, 0.1) is 18.7 Å². The molecule has 1 aliphatic rings. The van der Waals surface area contributed by atoms with E-state index in [1.807, 2.05) is 13.8 Å². The van der Waals surface area contributed by atoms with Crippen molar-refractivity contribution < 1.29 is 23.4 Å². The summed E-state index contributed by atoms with van der Waals surface area (Å²) >= 11 is 1.20. The lowest BCUT2D eigenvalue weighted by molar-refractivity contribution is -0.126. The van der Waals surface area contributed by atoms with Crippen molar-refractivity contribution in [2.45, 2.75) is 84.6 Å². The fraction of sp³-hybridized carbons (Fsp3) is 0.531. The van der Waals surface area contributed by atoms with Crippen LogP contribution in [-0.4, -0.2) is 56.3 Å². The Morgan fingerprint density at radius 3 is 2.51 bits per heavy atom. The number of methoxy groups -OCH3 is 1. The second kappa shape index (κ2) is 13.4. The minimum absolute atomic E-state index is 0.0744. The lowest BCUT2D eigenvalue weighted by atomic mass is 9.92. The Labute approximate surface area is 264 Å². The number of benzene rings is 1. The third kappa shape index (κ3) is 6.52. The maximum atomic E-state index is 14.7. The van der Waals surface area contributed by atoms with E-state index in [1.165, 1.54) is 58.4 Å². The van der Waals surface area contributed by atoms with E-state index in [1.54, 1.807) is 20.8 Å². The molecule has 11 nitrogen and oxygen atoms in total. The number of ketones is 1. The van der Waals surface area contributed by atoms with Crippen molar-refractivity contribution in [1.29, 1.82) is 0 Å². The molecular weight excluding hydrogens is 601 g/mol. The van der Waals surface area contributed by atoms with Gasteiger partial charge >= 0.3 is 5.69 Å². The summed E-state index contributed by atoms with van der Waals surface area (Å²) in [7, 11) is 1.49. The zero-order chi connectivity index (χ0) is 32.5. The van der Waals surface area contributed by atoms with Gasteiger partial charge in [0.2, 0.25) is 0 Å². The molecule has 5 rings (SSSR count). The fourth-order valence-electron chi connectivity index (χ4n) is 5.73. The van der Waals surface area contributed by atoms with Gasteiger partial charge in [0.1, 0.15) is 33.0 Å². The summed E-state index contributed by atoms with van der Waals surface area (Å²) < 4.78 is 34.9. The van der Waals surface area contributed by atoms with Crippen molar-refractivity contribution in [2.24, 2.45) is 5.92 Å². The molecule has 0 N–H and O–H groups in total. The van der Waals surface area contributed by atoms with Crippen molar-refractivity contribution in [2.75, 3.05) is 20.3 Å². The van der Waals surface area contributed by atoms with Crippen LogP contribution in [0.5, 0.6) is 5.75 Å². The second-order valence-electron chi connectivity index (χ2n) is 12.3. The van der Waals surface area contributed by atoms with E-state index in [0.717, 1.165) is 4.57 Å². The predicted octanol–water partition coefficient (Wildman–Crippen LogP) is 4.94. The Morgan fingerprint density at radius 2 is 1.87 bits per heavy atom. The second-order valence-corrected chi connectivity index (χ2v) is 13.3. The highest BCUT2D eigenvalue weighted by Crippen LogP contribution is 2.35. The molecule has 13 heteroatoms.